The van der Waals surface area contributed by atoms with Gasteiger partial charge in [0.25, 0.3) is 10.1 Å². The number of aryl methyl sites for hydroxylation is 1. The zero-order chi connectivity index (χ0) is 13.9. The van der Waals surface area contributed by atoms with Crippen molar-refractivity contribution in [2.75, 3.05) is 6.61 Å². The molecule has 3 aliphatic heterocycles. The Balaban J connectivity index is 1.57. The molecule has 0 unspecified atom stereocenters. The third-order valence-electron chi connectivity index (χ3n) is 3.80. The number of hydrogen-bond acceptors (Lipinski definition) is 6. The SMILES string of the molecule is Cc1ccc(S(=O)(=O)O[C@H]2[C@@H]3OC[C@@H](O3)[C@H]3O[C@H]23)cc1. The molecule has 108 valence electrons. The van der Waals surface area contributed by atoms with E-state index >= 15 is 0 Å². The summed E-state index contributed by atoms with van der Waals surface area (Å²) in [6, 6.07) is 6.51. The third kappa shape index (κ3) is 1.97. The van der Waals surface area contributed by atoms with E-state index in [-0.39, 0.29) is 23.2 Å². The van der Waals surface area contributed by atoms with E-state index in [0.717, 1.165) is 5.56 Å². The summed E-state index contributed by atoms with van der Waals surface area (Å²) >= 11 is 0. The Morgan fingerprint density at radius 3 is 2.65 bits per heavy atom. The minimum atomic E-state index is -3.85. The van der Waals surface area contributed by atoms with Crippen molar-refractivity contribution < 1.29 is 26.8 Å². The molecule has 0 aromatic heterocycles. The monoisotopic (exact) mass is 298 g/mol. The van der Waals surface area contributed by atoms with E-state index < -0.39 is 22.5 Å². The van der Waals surface area contributed by atoms with Crippen LogP contribution in [0.5, 0.6) is 0 Å². The second kappa shape index (κ2) is 4.25. The van der Waals surface area contributed by atoms with Gasteiger partial charge in [0.15, 0.2) is 12.4 Å². The zero-order valence-electron chi connectivity index (χ0n) is 10.8. The van der Waals surface area contributed by atoms with Gasteiger partial charge in [-0.3, -0.25) is 4.18 Å². The maximum absolute atomic E-state index is 12.3. The molecule has 5 atom stereocenters. The Bertz CT molecular complexity index is 625. The number of hydrogen-bond donors (Lipinski definition) is 0. The van der Waals surface area contributed by atoms with Gasteiger partial charge in [-0.05, 0) is 19.1 Å². The largest absolute Gasteiger partial charge is 0.364 e. The molecule has 3 aliphatic rings. The average Bonchev–Trinajstić information content (AvgIpc) is 3.09. The van der Waals surface area contributed by atoms with Crippen molar-refractivity contribution in [2.45, 2.75) is 42.5 Å². The Morgan fingerprint density at radius 2 is 1.90 bits per heavy atom. The smallest absolute Gasteiger partial charge is 0.297 e. The van der Waals surface area contributed by atoms with E-state index in [1.54, 1.807) is 12.1 Å². The number of rotatable bonds is 3. The summed E-state index contributed by atoms with van der Waals surface area (Å²) in [4.78, 5) is 0.125. The van der Waals surface area contributed by atoms with Crippen LogP contribution in [0.2, 0.25) is 0 Å². The first-order chi connectivity index (χ1) is 9.54. The molecule has 7 heteroatoms. The van der Waals surface area contributed by atoms with Crippen LogP contribution < -0.4 is 0 Å². The van der Waals surface area contributed by atoms with Crippen LogP contribution in [-0.2, 0) is 28.5 Å². The summed E-state index contributed by atoms with van der Waals surface area (Å²) in [5.74, 6) is 0. The Hall–Kier alpha value is -0.990. The highest BCUT2D eigenvalue weighted by atomic mass is 32.2. The van der Waals surface area contributed by atoms with Crippen molar-refractivity contribution in [2.24, 2.45) is 0 Å². The highest BCUT2D eigenvalue weighted by molar-refractivity contribution is 7.86. The van der Waals surface area contributed by atoms with Gasteiger partial charge in [0.05, 0.1) is 11.5 Å². The summed E-state index contributed by atoms with van der Waals surface area (Å²) in [6.45, 7) is 2.32. The van der Waals surface area contributed by atoms with Gasteiger partial charge in [-0.1, -0.05) is 17.7 Å². The Kier molecular flexibility index (Phi) is 2.71. The van der Waals surface area contributed by atoms with E-state index in [2.05, 4.69) is 0 Å². The van der Waals surface area contributed by atoms with Crippen LogP contribution in [-0.4, -0.2) is 45.7 Å². The quantitative estimate of drug-likeness (QED) is 0.600. The predicted octanol–water partition coefficient (Wildman–Crippen LogP) is 0.591. The van der Waals surface area contributed by atoms with Crippen molar-refractivity contribution in [3.05, 3.63) is 29.8 Å². The molecule has 1 aromatic carbocycles. The first kappa shape index (κ1) is 12.7. The van der Waals surface area contributed by atoms with Gasteiger partial charge in [0.1, 0.15) is 18.3 Å². The van der Waals surface area contributed by atoms with Crippen LogP contribution in [0.25, 0.3) is 0 Å². The number of epoxide rings is 1. The highest BCUT2D eigenvalue weighted by Gasteiger charge is 2.63. The second-order valence-electron chi connectivity index (χ2n) is 5.27. The van der Waals surface area contributed by atoms with Crippen molar-refractivity contribution in [1.29, 1.82) is 0 Å². The van der Waals surface area contributed by atoms with Gasteiger partial charge in [-0.2, -0.15) is 8.42 Å². The van der Waals surface area contributed by atoms with Crippen LogP contribution in [0.4, 0.5) is 0 Å². The van der Waals surface area contributed by atoms with Crippen molar-refractivity contribution in [3.8, 4) is 0 Å². The average molecular weight is 298 g/mol. The fourth-order valence-corrected chi connectivity index (χ4v) is 3.72. The minimum Gasteiger partial charge on any atom is -0.364 e. The summed E-state index contributed by atoms with van der Waals surface area (Å²) < 4.78 is 46.2. The first-order valence-corrected chi connectivity index (χ1v) is 7.88. The van der Waals surface area contributed by atoms with Crippen LogP contribution >= 0.6 is 0 Å². The summed E-state index contributed by atoms with van der Waals surface area (Å²) in [5, 5.41) is 0. The molecule has 20 heavy (non-hydrogen) atoms. The van der Waals surface area contributed by atoms with Crippen LogP contribution in [0.1, 0.15) is 5.56 Å². The van der Waals surface area contributed by atoms with Gasteiger partial charge >= 0.3 is 0 Å². The lowest BCUT2D eigenvalue weighted by Gasteiger charge is -2.23. The molecule has 0 spiro atoms. The van der Waals surface area contributed by atoms with E-state index in [1.807, 2.05) is 6.92 Å². The van der Waals surface area contributed by atoms with Crippen LogP contribution in [0.3, 0.4) is 0 Å². The molecule has 3 fully saturated rings. The first-order valence-electron chi connectivity index (χ1n) is 6.47. The van der Waals surface area contributed by atoms with E-state index in [9.17, 15) is 8.42 Å². The Labute approximate surface area is 116 Å². The van der Waals surface area contributed by atoms with Crippen molar-refractivity contribution in [1.82, 2.24) is 0 Å². The maximum Gasteiger partial charge on any atom is 0.297 e. The molecule has 0 amide bonds. The lowest BCUT2D eigenvalue weighted by Crippen LogP contribution is -2.42. The second-order valence-corrected chi connectivity index (χ2v) is 6.84. The fourth-order valence-electron chi connectivity index (χ4n) is 2.65. The van der Waals surface area contributed by atoms with Gasteiger partial charge in [-0.25, -0.2) is 0 Å². The molecule has 0 aliphatic carbocycles. The van der Waals surface area contributed by atoms with Crippen LogP contribution in [0.15, 0.2) is 29.2 Å². The molecule has 0 N–H and O–H groups in total. The summed E-state index contributed by atoms with van der Waals surface area (Å²) in [7, 11) is -3.85. The topological polar surface area (TPSA) is 74.4 Å². The maximum atomic E-state index is 12.3. The van der Waals surface area contributed by atoms with Crippen LogP contribution in [0, 0.1) is 6.92 Å². The zero-order valence-corrected chi connectivity index (χ0v) is 11.6. The van der Waals surface area contributed by atoms with Gasteiger partial charge < -0.3 is 14.2 Å². The highest BCUT2D eigenvalue weighted by Crippen LogP contribution is 2.43. The third-order valence-corrected chi connectivity index (χ3v) is 5.13. The summed E-state index contributed by atoms with van der Waals surface area (Å²) in [5.41, 5.74) is 0.984. The molecule has 0 saturated carbocycles. The van der Waals surface area contributed by atoms with E-state index in [0.29, 0.717) is 6.61 Å². The number of fused-ring (bicyclic) bond motifs is 4. The summed E-state index contributed by atoms with van der Waals surface area (Å²) in [6.07, 6.45) is -1.84. The number of ether oxygens (including phenoxy) is 3. The molecule has 1 aromatic rings. The minimum absolute atomic E-state index is 0.0908. The van der Waals surface area contributed by atoms with Gasteiger partial charge in [0, 0.05) is 0 Å². The fraction of sp³-hybridized carbons (Fsp3) is 0.538. The normalized spacial score (nSPS) is 38.5. The van der Waals surface area contributed by atoms with E-state index in [4.69, 9.17) is 18.4 Å². The van der Waals surface area contributed by atoms with Crippen molar-refractivity contribution >= 4 is 10.1 Å². The molecule has 4 rings (SSSR count). The molecule has 2 bridgehead atoms. The standard InChI is InChI=1S/C13H14O6S/c1-7-2-4-8(5-3-7)20(14,15)19-12-11-10(18-11)9-6-16-13(12)17-9/h2-5,9-13H,6H2,1H3/t9-,10-,11+,12-,13-/m1/s1. The molecule has 3 saturated heterocycles. The molecule has 6 nitrogen and oxygen atoms in total. The molecular weight excluding hydrogens is 284 g/mol. The number of benzene rings is 1. The van der Waals surface area contributed by atoms with Crippen molar-refractivity contribution in [3.63, 3.8) is 0 Å². The predicted molar refractivity (Wildman–Crippen MR) is 66.5 cm³/mol. The lowest BCUT2D eigenvalue weighted by atomic mass is 10.1. The molecular formula is C13H14O6S. The van der Waals surface area contributed by atoms with E-state index in [1.165, 1.54) is 12.1 Å². The van der Waals surface area contributed by atoms with Gasteiger partial charge in [0.2, 0.25) is 0 Å². The molecule has 3 heterocycles. The van der Waals surface area contributed by atoms with Gasteiger partial charge in [-0.15, -0.1) is 0 Å². The Morgan fingerprint density at radius 1 is 1.15 bits per heavy atom. The molecule has 0 radical (unpaired) electrons. The lowest BCUT2D eigenvalue weighted by molar-refractivity contribution is -0.133.